The Morgan fingerprint density at radius 3 is 2.46 bits per heavy atom. The first-order chi connectivity index (χ1) is 19.9. The first-order valence-corrected chi connectivity index (χ1v) is 14.2. The van der Waals surface area contributed by atoms with Gasteiger partial charge in [0.05, 0.1) is 0 Å². The molecule has 0 unspecified atom stereocenters. The van der Waals surface area contributed by atoms with Gasteiger partial charge >= 0.3 is 0 Å². The third-order valence-corrected chi connectivity index (χ3v) is 7.99. The Morgan fingerprint density at radius 2 is 1.76 bits per heavy atom. The largest absolute Gasteiger partial charge is 0.324 e. The molecule has 0 saturated carbocycles. The van der Waals surface area contributed by atoms with Gasteiger partial charge in [0.2, 0.25) is 11.9 Å². The smallest absolute Gasteiger partial charge is 0.260 e. The molecule has 1 aliphatic heterocycles. The standard InChI is InChI=1S/C32H30ClFN6O/c1-3-40-30-23(18-36-32(39-30)38-24-8-5-20(6-9-24)21-12-14-35-15-13-21)16-27(31(40)41)26-11-7-22(17-28(26)33)25-10-4-19(2)37-29(25)34/h4-11,16-18,21,35H,3,12-15H2,1-2H3,(H,36,38,39). The predicted molar refractivity (Wildman–Crippen MR) is 162 cm³/mol. The van der Waals surface area contributed by atoms with E-state index >= 15 is 0 Å². The third-order valence-electron chi connectivity index (χ3n) is 7.68. The van der Waals surface area contributed by atoms with Crippen LogP contribution in [-0.2, 0) is 6.54 Å². The molecule has 2 N–H and O–H groups in total. The fourth-order valence-electron chi connectivity index (χ4n) is 5.47. The van der Waals surface area contributed by atoms with E-state index in [-0.39, 0.29) is 5.56 Å². The van der Waals surface area contributed by atoms with Gasteiger partial charge in [-0.15, -0.1) is 0 Å². The maximum Gasteiger partial charge on any atom is 0.260 e. The molecule has 7 nitrogen and oxygen atoms in total. The highest BCUT2D eigenvalue weighted by atomic mass is 35.5. The van der Waals surface area contributed by atoms with Crippen LogP contribution < -0.4 is 16.2 Å². The summed E-state index contributed by atoms with van der Waals surface area (Å²) in [4.78, 5) is 26.7. The highest BCUT2D eigenvalue weighted by Gasteiger charge is 2.17. The molecule has 0 amide bonds. The van der Waals surface area contributed by atoms with E-state index < -0.39 is 5.95 Å². The zero-order valence-corrected chi connectivity index (χ0v) is 23.7. The molecule has 0 radical (unpaired) electrons. The summed E-state index contributed by atoms with van der Waals surface area (Å²) >= 11 is 6.66. The van der Waals surface area contributed by atoms with Crippen molar-refractivity contribution in [3.05, 3.63) is 99.4 Å². The monoisotopic (exact) mass is 568 g/mol. The van der Waals surface area contributed by atoms with E-state index in [2.05, 4.69) is 32.7 Å². The SMILES string of the molecule is CCn1c(=O)c(-c2ccc(-c3ccc(C)nc3F)cc2Cl)cc2cnc(Nc3ccc(C4CCNCC4)cc3)nc21. The van der Waals surface area contributed by atoms with Crippen molar-refractivity contribution >= 4 is 34.3 Å². The van der Waals surface area contributed by atoms with Crippen LogP contribution in [0.15, 0.2) is 71.7 Å². The van der Waals surface area contributed by atoms with Crippen LogP contribution in [-0.4, -0.2) is 32.6 Å². The summed E-state index contributed by atoms with van der Waals surface area (Å²) < 4.78 is 16.1. The molecule has 0 atom stereocenters. The minimum atomic E-state index is -0.563. The van der Waals surface area contributed by atoms with Gasteiger partial charge in [-0.1, -0.05) is 35.9 Å². The molecule has 6 rings (SSSR count). The highest BCUT2D eigenvalue weighted by Crippen LogP contribution is 2.33. The number of hydrogen-bond acceptors (Lipinski definition) is 6. The van der Waals surface area contributed by atoms with E-state index in [4.69, 9.17) is 16.6 Å². The molecule has 0 aliphatic carbocycles. The van der Waals surface area contributed by atoms with Gasteiger partial charge in [-0.2, -0.15) is 9.37 Å². The molecule has 0 bridgehead atoms. The first kappa shape index (κ1) is 27.1. The summed E-state index contributed by atoms with van der Waals surface area (Å²) in [7, 11) is 0. The molecule has 0 spiro atoms. The minimum absolute atomic E-state index is 0.214. The zero-order valence-electron chi connectivity index (χ0n) is 22.9. The van der Waals surface area contributed by atoms with Gasteiger partial charge < -0.3 is 10.6 Å². The lowest BCUT2D eigenvalue weighted by atomic mass is 9.90. The van der Waals surface area contributed by atoms with Crippen LogP contribution in [0.1, 0.15) is 36.9 Å². The Labute approximate surface area is 242 Å². The van der Waals surface area contributed by atoms with Crippen LogP contribution in [0, 0.1) is 12.9 Å². The lowest BCUT2D eigenvalue weighted by Gasteiger charge is -2.23. The minimum Gasteiger partial charge on any atom is -0.324 e. The Balaban J connectivity index is 1.31. The van der Waals surface area contributed by atoms with Crippen molar-refractivity contribution in [1.29, 1.82) is 0 Å². The lowest BCUT2D eigenvalue weighted by Crippen LogP contribution is -2.26. The number of fused-ring (bicyclic) bond motifs is 1. The van der Waals surface area contributed by atoms with Gasteiger partial charge in [-0.05, 0) is 93.2 Å². The molecule has 5 aromatic rings. The molecule has 1 saturated heterocycles. The van der Waals surface area contributed by atoms with Crippen LogP contribution in [0.3, 0.4) is 0 Å². The molecule has 1 aliphatic rings. The number of nitrogens with one attached hydrogen (secondary N) is 2. The van der Waals surface area contributed by atoms with Gasteiger partial charge in [-0.3, -0.25) is 9.36 Å². The summed E-state index contributed by atoms with van der Waals surface area (Å²) in [5.41, 5.74) is 5.06. The van der Waals surface area contributed by atoms with E-state index in [9.17, 15) is 9.18 Å². The number of aromatic nitrogens is 4. The predicted octanol–water partition coefficient (Wildman–Crippen LogP) is 6.85. The second-order valence-corrected chi connectivity index (χ2v) is 10.7. The quantitative estimate of drug-likeness (QED) is 0.218. The van der Waals surface area contributed by atoms with Crippen molar-refractivity contribution in [2.24, 2.45) is 0 Å². The maximum absolute atomic E-state index is 14.5. The second kappa shape index (κ2) is 11.4. The number of nitrogens with zero attached hydrogens (tertiary/aromatic N) is 4. The van der Waals surface area contributed by atoms with Gasteiger partial charge in [0.1, 0.15) is 5.65 Å². The third kappa shape index (κ3) is 5.45. The number of benzene rings is 2. The van der Waals surface area contributed by atoms with E-state index in [1.807, 2.05) is 19.1 Å². The molecule has 1 fully saturated rings. The van der Waals surface area contributed by atoms with Crippen molar-refractivity contribution in [2.75, 3.05) is 18.4 Å². The summed E-state index contributed by atoms with van der Waals surface area (Å²) in [6.07, 6.45) is 4.00. The number of rotatable bonds is 6. The summed E-state index contributed by atoms with van der Waals surface area (Å²) in [5.74, 6) is 0.436. The average molecular weight is 569 g/mol. The van der Waals surface area contributed by atoms with Crippen molar-refractivity contribution in [3.63, 3.8) is 0 Å². The van der Waals surface area contributed by atoms with Crippen molar-refractivity contribution in [2.45, 2.75) is 39.2 Å². The number of pyridine rings is 2. The van der Waals surface area contributed by atoms with Crippen molar-refractivity contribution in [1.82, 2.24) is 24.8 Å². The Bertz CT molecular complexity index is 1800. The number of anilines is 2. The summed E-state index contributed by atoms with van der Waals surface area (Å²) in [6.45, 7) is 6.16. The van der Waals surface area contributed by atoms with Crippen LogP contribution in [0.5, 0.6) is 0 Å². The molecule has 3 aromatic heterocycles. The van der Waals surface area contributed by atoms with E-state index in [1.54, 1.807) is 54.1 Å². The van der Waals surface area contributed by atoms with Gasteiger partial charge in [0.25, 0.3) is 5.56 Å². The Kier molecular flexibility index (Phi) is 7.51. The Morgan fingerprint density at radius 1 is 1.00 bits per heavy atom. The molecule has 4 heterocycles. The Hall–Kier alpha value is -4.14. The lowest BCUT2D eigenvalue weighted by molar-refractivity contribution is 0.460. The van der Waals surface area contributed by atoms with Crippen LogP contribution in [0.2, 0.25) is 5.02 Å². The van der Waals surface area contributed by atoms with Gasteiger partial charge in [0.15, 0.2) is 0 Å². The summed E-state index contributed by atoms with van der Waals surface area (Å²) in [6, 6.07) is 18.7. The fourth-order valence-corrected chi connectivity index (χ4v) is 5.75. The number of aryl methyl sites for hydroxylation is 2. The maximum atomic E-state index is 14.5. The van der Waals surface area contributed by atoms with Crippen molar-refractivity contribution in [3.8, 4) is 22.3 Å². The molecule has 41 heavy (non-hydrogen) atoms. The van der Waals surface area contributed by atoms with Crippen LogP contribution >= 0.6 is 11.6 Å². The number of halogens is 2. The van der Waals surface area contributed by atoms with Gasteiger partial charge in [0, 0.05) is 51.2 Å². The average Bonchev–Trinajstić information content (AvgIpc) is 2.98. The van der Waals surface area contributed by atoms with E-state index in [0.717, 1.165) is 31.6 Å². The highest BCUT2D eigenvalue weighted by molar-refractivity contribution is 6.33. The normalized spacial score (nSPS) is 14.0. The fraction of sp³-hybridized carbons (Fsp3) is 0.250. The van der Waals surface area contributed by atoms with E-state index in [1.165, 1.54) is 5.56 Å². The molecule has 208 valence electrons. The molecular weight excluding hydrogens is 539 g/mol. The first-order valence-electron chi connectivity index (χ1n) is 13.8. The van der Waals surface area contributed by atoms with Crippen LogP contribution in [0.4, 0.5) is 16.0 Å². The molecule has 2 aromatic carbocycles. The summed E-state index contributed by atoms with van der Waals surface area (Å²) in [5, 5.41) is 7.74. The molecular formula is C32H30ClFN6O. The zero-order chi connectivity index (χ0) is 28.5. The van der Waals surface area contributed by atoms with Crippen LogP contribution in [0.25, 0.3) is 33.3 Å². The van der Waals surface area contributed by atoms with E-state index in [0.29, 0.717) is 62.4 Å². The van der Waals surface area contributed by atoms with Gasteiger partial charge in [-0.25, -0.2) is 9.97 Å². The topological polar surface area (TPSA) is 84.7 Å². The number of hydrogen-bond donors (Lipinski definition) is 2. The van der Waals surface area contributed by atoms with Crippen molar-refractivity contribution < 1.29 is 4.39 Å². The second-order valence-electron chi connectivity index (χ2n) is 10.3. The molecule has 9 heteroatoms. The number of piperidine rings is 1.